The van der Waals surface area contributed by atoms with Crippen LogP contribution in [0.1, 0.15) is 25.6 Å². The third-order valence-electron chi connectivity index (χ3n) is 4.94. The molecule has 1 fully saturated rings. The molecule has 0 unspecified atom stereocenters. The first-order valence-corrected chi connectivity index (χ1v) is 10.9. The van der Waals surface area contributed by atoms with Crippen LogP contribution in [-0.2, 0) is 10.0 Å². The SMILES string of the molecule is Cc1ccn(-c2cc(N3CCN(S(=O)(=O)c4cn(C(C)C)cn4)CC3)ncn2)n1. The molecule has 3 aromatic heterocycles. The molecular weight excluding hydrogens is 392 g/mol. The zero-order valence-corrected chi connectivity index (χ0v) is 17.5. The lowest BCUT2D eigenvalue weighted by molar-refractivity contribution is 0.382. The van der Waals surface area contributed by atoms with Gasteiger partial charge in [0.2, 0.25) is 0 Å². The summed E-state index contributed by atoms with van der Waals surface area (Å²) in [5.74, 6) is 1.43. The van der Waals surface area contributed by atoms with Gasteiger partial charge >= 0.3 is 0 Å². The fourth-order valence-electron chi connectivity index (χ4n) is 3.20. The van der Waals surface area contributed by atoms with Crippen LogP contribution in [0.5, 0.6) is 0 Å². The number of hydrogen-bond acceptors (Lipinski definition) is 7. The molecule has 4 rings (SSSR count). The van der Waals surface area contributed by atoms with Crippen molar-refractivity contribution < 1.29 is 8.42 Å². The van der Waals surface area contributed by atoms with Crippen LogP contribution in [0.2, 0.25) is 0 Å². The topological polar surface area (TPSA) is 102 Å². The number of piperazine rings is 1. The lowest BCUT2D eigenvalue weighted by atomic mass is 10.3. The Kier molecular flexibility index (Phi) is 5.09. The number of aromatic nitrogens is 6. The Hall–Kier alpha value is -2.79. The molecule has 29 heavy (non-hydrogen) atoms. The van der Waals surface area contributed by atoms with Crippen LogP contribution in [0, 0.1) is 6.92 Å². The second kappa shape index (κ2) is 7.56. The van der Waals surface area contributed by atoms with Crippen LogP contribution in [0.3, 0.4) is 0 Å². The van der Waals surface area contributed by atoms with Crippen LogP contribution < -0.4 is 4.90 Å². The Labute approximate surface area is 169 Å². The van der Waals surface area contributed by atoms with E-state index in [4.69, 9.17) is 0 Å². The normalized spacial score (nSPS) is 15.9. The number of aryl methyl sites for hydroxylation is 1. The van der Waals surface area contributed by atoms with Gasteiger partial charge in [-0.25, -0.2) is 28.1 Å². The smallest absolute Gasteiger partial charge is 0.262 e. The molecular formula is C18H24N8O2S. The molecule has 154 valence electrons. The second-order valence-corrected chi connectivity index (χ2v) is 9.16. The molecule has 0 aliphatic carbocycles. The Morgan fingerprint density at radius 1 is 1.03 bits per heavy atom. The van der Waals surface area contributed by atoms with E-state index in [1.54, 1.807) is 21.8 Å². The van der Waals surface area contributed by atoms with E-state index in [1.165, 1.54) is 10.6 Å². The summed E-state index contributed by atoms with van der Waals surface area (Å²) in [6.07, 6.45) is 6.51. The molecule has 0 aromatic carbocycles. The first-order valence-electron chi connectivity index (χ1n) is 9.48. The predicted octanol–water partition coefficient (Wildman–Crippen LogP) is 1.26. The molecule has 3 aromatic rings. The summed E-state index contributed by atoms with van der Waals surface area (Å²) >= 11 is 0. The summed E-state index contributed by atoms with van der Waals surface area (Å²) < 4.78 is 30.8. The number of imidazole rings is 1. The van der Waals surface area contributed by atoms with Gasteiger partial charge < -0.3 is 9.47 Å². The van der Waals surface area contributed by atoms with Gasteiger partial charge in [-0.05, 0) is 26.8 Å². The van der Waals surface area contributed by atoms with Crippen molar-refractivity contribution in [2.24, 2.45) is 0 Å². The fourth-order valence-corrected chi connectivity index (χ4v) is 4.55. The Morgan fingerprint density at radius 3 is 2.38 bits per heavy atom. The minimum absolute atomic E-state index is 0.0954. The third-order valence-corrected chi connectivity index (χ3v) is 6.72. The van der Waals surface area contributed by atoms with Crippen LogP contribution in [0.4, 0.5) is 5.82 Å². The molecule has 11 heteroatoms. The Balaban J connectivity index is 1.46. The monoisotopic (exact) mass is 416 g/mol. The van der Waals surface area contributed by atoms with Crippen molar-refractivity contribution in [1.82, 2.24) is 33.6 Å². The van der Waals surface area contributed by atoms with Crippen molar-refractivity contribution in [1.29, 1.82) is 0 Å². The molecule has 4 heterocycles. The molecule has 1 aliphatic heterocycles. The molecule has 0 radical (unpaired) electrons. The van der Waals surface area contributed by atoms with E-state index in [0.29, 0.717) is 32.0 Å². The highest BCUT2D eigenvalue weighted by atomic mass is 32.2. The van der Waals surface area contributed by atoms with Crippen LogP contribution in [0.25, 0.3) is 5.82 Å². The molecule has 0 amide bonds. The summed E-state index contributed by atoms with van der Waals surface area (Å²) in [5.41, 5.74) is 0.906. The molecule has 0 spiro atoms. The summed E-state index contributed by atoms with van der Waals surface area (Å²) in [7, 11) is -3.60. The third kappa shape index (κ3) is 3.87. The standard InChI is InChI=1S/C18H24N8O2S/c1-14(2)24-11-18(21-13-24)29(27,28)25-8-6-23(7-9-25)16-10-17(20-12-19-16)26-5-4-15(3)22-26/h4-5,10-14H,6-9H2,1-3H3. The van der Waals surface area contributed by atoms with E-state index in [2.05, 4.69) is 25.0 Å². The average molecular weight is 417 g/mol. The molecule has 1 saturated heterocycles. The zero-order valence-electron chi connectivity index (χ0n) is 16.7. The van der Waals surface area contributed by atoms with Crippen molar-refractivity contribution in [3.63, 3.8) is 0 Å². The second-order valence-electron chi connectivity index (χ2n) is 7.28. The number of nitrogens with zero attached hydrogens (tertiary/aromatic N) is 8. The van der Waals surface area contributed by atoms with Crippen molar-refractivity contribution in [3.05, 3.63) is 42.9 Å². The lowest BCUT2D eigenvalue weighted by Crippen LogP contribution is -2.49. The number of anilines is 1. The van der Waals surface area contributed by atoms with E-state index in [1.807, 2.05) is 39.1 Å². The first-order chi connectivity index (χ1) is 13.8. The van der Waals surface area contributed by atoms with Crippen molar-refractivity contribution in [2.75, 3.05) is 31.1 Å². The Bertz CT molecular complexity index is 1100. The van der Waals surface area contributed by atoms with Gasteiger partial charge in [0.15, 0.2) is 10.8 Å². The Morgan fingerprint density at radius 2 is 1.76 bits per heavy atom. The lowest BCUT2D eigenvalue weighted by Gasteiger charge is -2.34. The highest BCUT2D eigenvalue weighted by Gasteiger charge is 2.31. The average Bonchev–Trinajstić information content (AvgIpc) is 3.38. The van der Waals surface area contributed by atoms with Gasteiger partial charge in [-0.1, -0.05) is 0 Å². The van der Waals surface area contributed by atoms with Gasteiger partial charge in [0.1, 0.15) is 12.1 Å². The van der Waals surface area contributed by atoms with E-state index in [0.717, 1.165) is 11.5 Å². The molecule has 1 aliphatic rings. The van der Waals surface area contributed by atoms with Gasteiger partial charge in [-0.2, -0.15) is 9.40 Å². The molecule has 0 N–H and O–H groups in total. The predicted molar refractivity (Wildman–Crippen MR) is 107 cm³/mol. The maximum atomic E-state index is 12.9. The quantitative estimate of drug-likeness (QED) is 0.617. The highest BCUT2D eigenvalue weighted by Crippen LogP contribution is 2.20. The summed E-state index contributed by atoms with van der Waals surface area (Å²) in [4.78, 5) is 14.8. The molecule has 10 nitrogen and oxygen atoms in total. The maximum absolute atomic E-state index is 12.9. The van der Waals surface area contributed by atoms with Crippen LogP contribution >= 0.6 is 0 Å². The summed E-state index contributed by atoms with van der Waals surface area (Å²) in [6, 6.07) is 3.93. The van der Waals surface area contributed by atoms with Crippen LogP contribution in [-0.4, -0.2) is 68.2 Å². The first kappa shape index (κ1) is 19.5. The van der Waals surface area contributed by atoms with Gasteiger partial charge in [0.05, 0.1) is 12.0 Å². The van der Waals surface area contributed by atoms with E-state index in [-0.39, 0.29) is 11.1 Å². The maximum Gasteiger partial charge on any atom is 0.262 e. The molecule has 0 atom stereocenters. The minimum Gasteiger partial charge on any atom is -0.354 e. The van der Waals surface area contributed by atoms with Crippen LogP contribution in [0.15, 0.2) is 42.2 Å². The van der Waals surface area contributed by atoms with Crippen molar-refractivity contribution in [3.8, 4) is 5.82 Å². The summed E-state index contributed by atoms with van der Waals surface area (Å²) in [5, 5.41) is 4.47. The van der Waals surface area contributed by atoms with E-state index < -0.39 is 10.0 Å². The van der Waals surface area contributed by atoms with Gasteiger partial charge in [-0.3, -0.25) is 0 Å². The van der Waals surface area contributed by atoms with Crippen molar-refractivity contribution in [2.45, 2.75) is 31.8 Å². The molecule has 0 saturated carbocycles. The largest absolute Gasteiger partial charge is 0.354 e. The van der Waals surface area contributed by atoms with Gasteiger partial charge in [-0.15, -0.1) is 0 Å². The van der Waals surface area contributed by atoms with Gasteiger partial charge in [0.25, 0.3) is 10.0 Å². The number of sulfonamides is 1. The summed E-state index contributed by atoms with van der Waals surface area (Å²) in [6.45, 7) is 7.71. The zero-order chi connectivity index (χ0) is 20.6. The fraction of sp³-hybridized carbons (Fsp3) is 0.444. The number of rotatable bonds is 5. The van der Waals surface area contributed by atoms with E-state index >= 15 is 0 Å². The van der Waals surface area contributed by atoms with Crippen molar-refractivity contribution >= 4 is 15.8 Å². The highest BCUT2D eigenvalue weighted by molar-refractivity contribution is 7.89. The van der Waals surface area contributed by atoms with Gasteiger partial charge in [0, 0.05) is 50.7 Å². The number of hydrogen-bond donors (Lipinski definition) is 0. The minimum atomic E-state index is -3.60. The van der Waals surface area contributed by atoms with E-state index in [9.17, 15) is 8.42 Å². The molecule has 0 bridgehead atoms.